The first kappa shape index (κ1) is 19.4. The van der Waals surface area contributed by atoms with Crippen molar-refractivity contribution in [3.63, 3.8) is 0 Å². The monoisotopic (exact) mass is 399 g/mol. The molecule has 0 aliphatic heterocycles. The van der Waals surface area contributed by atoms with Gasteiger partial charge in [0.1, 0.15) is 5.75 Å². The van der Waals surface area contributed by atoms with Crippen molar-refractivity contribution in [3.05, 3.63) is 95.9 Å². The van der Waals surface area contributed by atoms with Crippen LogP contribution in [-0.2, 0) is 4.79 Å². The molecule has 0 spiro atoms. The standard InChI is InChI=1S/C24H21N3O3/c1-16-8-9-17(2)21(14-16)26-23(28)22(18-6-4-3-5-7-18)30-20-12-10-19(11-13-20)24-27-25-15-29-24/h3-15,22H,1-2H3,(H,26,28)/t22-/m1/s1. The van der Waals surface area contributed by atoms with Gasteiger partial charge >= 0.3 is 0 Å². The van der Waals surface area contributed by atoms with Crippen LogP contribution >= 0.6 is 0 Å². The number of aryl methyl sites for hydroxylation is 2. The van der Waals surface area contributed by atoms with E-state index >= 15 is 0 Å². The molecule has 0 aliphatic rings. The second kappa shape index (κ2) is 8.61. The number of rotatable bonds is 6. The van der Waals surface area contributed by atoms with E-state index in [0.29, 0.717) is 11.6 Å². The second-order valence-electron chi connectivity index (χ2n) is 6.98. The van der Waals surface area contributed by atoms with Gasteiger partial charge in [-0.15, -0.1) is 10.2 Å². The van der Waals surface area contributed by atoms with Crippen molar-refractivity contribution in [2.24, 2.45) is 0 Å². The number of ether oxygens (including phenoxy) is 1. The van der Waals surface area contributed by atoms with Crippen molar-refractivity contribution < 1.29 is 13.9 Å². The van der Waals surface area contributed by atoms with E-state index in [1.165, 1.54) is 6.39 Å². The number of carbonyl (C=O) groups excluding carboxylic acids is 1. The Balaban J connectivity index is 1.59. The summed E-state index contributed by atoms with van der Waals surface area (Å²) in [7, 11) is 0. The smallest absolute Gasteiger partial charge is 0.270 e. The Hall–Kier alpha value is -3.93. The van der Waals surface area contributed by atoms with Gasteiger partial charge in [-0.25, -0.2) is 0 Å². The van der Waals surface area contributed by atoms with Crippen molar-refractivity contribution >= 4 is 11.6 Å². The molecule has 1 heterocycles. The first-order valence-corrected chi connectivity index (χ1v) is 9.56. The zero-order valence-electron chi connectivity index (χ0n) is 16.7. The summed E-state index contributed by atoms with van der Waals surface area (Å²) in [6.45, 7) is 3.95. The molecule has 0 aliphatic carbocycles. The van der Waals surface area contributed by atoms with Gasteiger partial charge in [0, 0.05) is 16.8 Å². The fourth-order valence-corrected chi connectivity index (χ4v) is 3.08. The van der Waals surface area contributed by atoms with E-state index < -0.39 is 6.10 Å². The lowest BCUT2D eigenvalue weighted by Crippen LogP contribution is -2.26. The maximum Gasteiger partial charge on any atom is 0.270 e. The lowest BCUT2D eigenvalue weighted by molar-refractivity contribution is -0.123. The number of aromatic nitrogens is 2. The van der Waals surface area contributed by atoms with Crippen LogP contribution < -0.4 is 10.1 Å². The minimum absolute atomic E-state index is 0.240. The van der Waals surface area contributed by atoms with Gasteiger partial charge in [0.15, 0.2) is 0 Å². The molecule has 3 aromatic carbocycles. The Morgan fingerprint density at radius 3 is 2.47 bits per heavy atom. The third-order valence-electron chi connectivity index (χ3n) is 4.71. The lowest BCUT2D eigenvalue weighted by Gasteiger charge is -2.20. The number of anilines is 1. The van der Waals surface area contributed by atoms with Gasteiger partial charge in [0.05, 0.1) is 0 Å². The van der Waals surface area contributed by atoms with E-state index in [1.807, 2.05) is 74.5 Å². The van der Waals surface area contributed by atoms with Crippen LogP contribution in [-0.4, -0.2) is 16.1 Å². The van der Waals surface area contributed by atoms with Gasteiger partial charge in [-0.1, -0.05) is 42.5 Å². The first-order chi connectivity index (χ1) is 14.6. The van der Waals surface area contributed by atoms with Crippen LogP contribution in [0.15, 0.2) is 83.6 Å². The molecule has 150 valence electrons. The Bertz CT molecular complexity index is 1120. The van der Waals surface area contributed by atoms with Crippen LogP contribution in [0, 0.1) is 13.8 Å². The molecule has 1 atom stereocenters. The fourth-order valence-electron chi connectivity index (χ4n) is 3.08. The second-order valence-corrected chi connectivity index (χ2v) is 6.98. The first-order valence-electron chi connectivity index (χ1n) is 9.56. The van der Waals surface area contributed by atoms with E-state index in [4.69, 9.17) is 9.15 Å². The average molecular weight is 399 g/mol. The molecular weight excluding hydrogens is 378 g/mol. The van der Waals surface area contributed by atoms with Crippen LogP contribution in [0.2, 0.25) is 0 Å². The molecule has 0 saturated heterocycles. The molecule has 6 heteroatoms. The molecule has 0 unspecified atom stereocenters. The number of hydrogen-bond acceptors (Lipinski definition) is 5. The highest BCUT2D eigenvalue weighted by Gasteiger charge is 2.23. The quantitative estimate of drug-likeness (QED) is 0.487. The molecule has 0 saturated carbocycles. The molecule has 1 amide bonds. The minimum atomic E-state index is -0.805. The van der Waals surface area contributed by atoms with Crippen molar-refractivity contribution in [3.8, 4) is 17.2 Å². The Kier molecular flexibility index (Phi) is 5.57. The molecule has 0 fully saturated rings. The molecule has 4 rings (SSSR count). The SMILES string of the molecule is Cc1ccc(C)c(NC(=O)[C@H](Oc2ccc(-c3nnco3)cc2)c2ccccc2)c1. The molecule has 1 aromatic heterocycles. The normalized spacial score (nSPS) is 11.7. The van der Waals surface area contributed by atoms with Gasteiger partial charge in [-0.05, 0) is 55.3 Å². The summed E-state index contributed by atoms with van der Waals surface area (Å²) in [5, 5.41) is 10.6. The van der Waals surface area contributed by atoms with Crippen LogP contribution in [0.25, 0.3) is 11.5 Å². The summed E-state index contributed by atoms with van der Waals surface area (Å²) in [5.74, 6) is 0.743. The van der Waals surface area contributed by atoms with Crippen LogP contribution in [0.1, 0.15) is 22.8 Å². The van der Waals surface area contributed by atoms with Crippen LogP contribution in [0.5, 0.6) is 5.75 Å². The summed E-state index contributed by atoms with van der Waals surface area (Å²) in [6, 6.07) is 22.6. The van der Waals surface area contributed by atoms with Crippen molar-refractivity contribution in [1.29, 1.82) is 0 Å². The Morgan fingerprint density at radius 1 is 1.00 bits per heavy atom. The molecule has 4 aromatic rings. The average Bonchev–Trinajstić information content (AvgIpc) is 3.30. The zero-order chi connectivity index (χ0) is 20.9. The summed E-state index contributed by atoms with van der Waals surface area (Å²) < 4.78 is 11.3. The number of carbonyl (C=O) groups is 1. The molecule has 30 heavy (non-hydrogen) atoms. The van der Waals surface area contributed by atoms with Crippen molar-refractivity contribution in [2.75, 3.05) is 5.32 Å². The summed E-state index contributed by atoms with van der Waals surface area (Å²) in [4.78, 5) is 13.2. The van der Waals surface area contributed by atoms with E-state index in [2.05, 4.69) is 15.5 Å². The van der Waals surface area contributed by atoms with Crippen molar-refractivity contribution in [2.45, 2.75) is 20.0 Å². The maximum absolute atomic E-state index is 13.2. The van der Waals surface area contributed by atoms with Crippen molar-refractivity contribution in [1.82, 2.24) is 10.2 Å². The van der Waals surface area contributed by atoms with Crippen LogP contribution in [0.3, 0.4) is 0 Å². The largest absolute Gasteiger partial charge is 0.476 e. The molecule has 0 bridgehead atoms. The minimum Gasteiger partial charge on any atom is -0.476 e. The van der Waals surface area contributed by atoms with E-state index in [-0.39, 0.29) is 5.91 Å². The number of benzene rings is 3. The highest BCUT2D eigenvalue weighted by atomic mass is 16.5. The third-order valence-corrected chi connectivity index (χ3v) is 4.71. The summed E-state index contributed by atoms with van der Waals surface area (Å²) in [5.41, 5.74) is 4.38. The van der Waals surface area contributed by atoms with E-state index in [1.54, 1.807) is 12.1 Å². The van der Waals surface area contributed by atoms with E-state index in [0.717, 1.165) is 27.9 Å². The summed E-state index contributed by atoms with van der Waals surface area (Å²) in [6.07, 6.45) is 0.475. The predicted octanol–water partition coefficient (Wildman–Crippen LogP) is 5.11. The molecule has 6 nitrogen and oxygen atoms in total. The fraction of sp³-hybridized carbons (Fsp3) is 0.125. The number of amides is 1. The Morgan fingerprint density at radius 2 is 1.77 bits per heavy atom. The summed E-state index contributed by atoms with van der Waals surface area (Å²) >= 11 is 0. The van der Waals surface area contributed by atoms with Gasteiger partial charge in [0.25, 0.3) is 5.91 Å². The predicted molar refractivity (Wildman–Crippen MR) is 114 cm³/mol. The number of nitrogens with one attached hydrogen (secondary N) is 1. The van der Waals surface area contributed by atoms with Gasteiger partial charge in [0.2, 0.25) is 18.4 Å². The molecule has 0 radical (unpaired) electrons. The van der Waals surface area contributed by atoms with Gasteiger partial charge in [-0.3, -0.25) is 4.79 Å². The van der Waals surface area contributed by atoms with Crippen LogP contribution in [0.4, 0.5) is 5.69 Å². The number of nitrogens with zero attached hydrogens (tertiary/aromatic N) is 2. The van der Waals surface area contributed by atoms with E-state index in [9.17, 15) is 4.79 Å². The lowest BCUT2D eigenvalue weighted by atomic mass is 10.1. The topological polar surface area (TPSA) is 77.2 Å². The van der Waals surface area contributed by atoms with Gasteiger partial charge < -0.3 is 14.5 Å². The number of hydrogen-bond donors (Lipinski definition) is 1. The molecule has 1 N–H and O–H groups in total. The Labute approximate surface area is 174 Å². The highest BCUT2D eigenvalue weighted by molar-refractivity contribution is 5.95. The molecular formula is C24H21N3O3. The highest BCUT2D eigenvalue weighted by Crippen LogP contribution is 2.27. The maximum atomic E-state index is 13.2. The zero-order valence-corrected chi connectivity index (χ0v) is 16.7. The third kappa shape index (κ3) is 4.38. The van der Waals surface area contributed by atoms with Gasteiger partial charge in [-0.2, -0.15) is 0 Å².